The molecule has 1 aromatic heterocycles. The fourth-order valence-corrected chi connectivity index (χ4v) is 4.37. The Morgan fingerprint density at radius 3 is 2.59 bits per heavy atom. The minimum Gasteiger partial charge on any atom is -0.376 e. The molecule has 1 aliphatic heterocycles. The molecule has 176 valence electrons. The predicted molar refractivity (Wildman–Crippen MR) is 126 cm³/mol. The first-order valence-electron chi connectivity index (χ1n) is 10.7. The molecular formula is C23H23N5O5S. The fraction of sp³-hybridized carbons (Fsp3) is 0.261. The van der Waals surface area contributed by atoms with E-state index >= 15 is 0 Å². The van der Waals surface area contributed by atoms with E-state index in [1.54, 1.807) is 6.20 Å². The van der Waals surface area contributed by atoms with Gasteiger partial charge >= 0.3 is 0 Å². The van der Waals surface area contributed by atoms with Crippen LogP contribution in [0.15, 0.2) is 66.0 Å². The van der Waals surface area contributed by atoms with Gasteiger partial charge in [0, 0.05) is 24.3 Å². The second kappa shape index (κ2) is 10.9. The van der Waals surface area contributed by atoms with Crippen LogP contribution in [0.4, 0.5) is 5.69 Å². The molecule has 2 amide bonds. The second-order valence-electron chi connectivity index (χ2n) is 7.63. The largest absolute Gasteiger partial charge is 0.376 e. The Bertz CT molecular complexity index is 1160. The third-order valence-electron chi connectivity index (χ3n) is 5.29. The van der Waals surface area contributed by atoms with Crippen LogP contribution in [0.1, 0.15) is 23.2 Å². The van der Waals surface area contributed by atoms with Gasteiger partial charge in [0.05, 0.1) is 35.2 Å². The Morgan fingerprint density at radius 2 is 1.91 bits per heavy atom. The van der Waals surface area contributed by atoms with Gasteiger partial charge in [-0.05, 0) is 30.5 Å². The van der Waals surface area contributed by atoms with E-state index in [9.17, 15) is 19.7 Å². The Morgan fingerprint density at radius 1 is 1.15 bits per heavy atom. The zero-order chi connectivity index (χ0) is 23.9. The summed E-state index contributed by atoms with van der Waals surface area (Å²) in [5.41, 5.74) is 6.73. The number of carbonyl (C=O) groups excluding carboxylic acids is 2. The summed E-state index contributed by atoms with van der Waals surface area (Å²) in [5, 5.41) is 11.4. The molecule has 0 radical (unpaired) electrons. The molecule has 0 saturated carbocycles. The summed E-state index contributed by atoms with van der Waals surface area (Å²) < 4.78 is 7.87. The van der Waals surface area contributed by atoms with Gasteiger partial charge in [-0.3, -0.25) is 30.6 Å². The maximum atomic E-state index is 12.3. The van der Waals surface area contributed by atoms with Gasteiger partial charge in [-0.15, -0.1) is 0 Å². The number of nitro benzene ring substituents is 1. The molecule has 0 spiro atoms. The molecule has 1 unspecified atom stereocenters. The normalized spacial score (nSPS) is 15.1. The number of non-ortho nitro benzene ring substituents is 1. The highest BCUT2D eigenvalue weighted by Gasteiger charge is 2.21. The van der Waals surface area contributed by atoms with E-state index in [-0.39, 0.29) is 23.1 Å². The summed E-state index contributed by atoms with van der Waals surface area (Å²) in [6.07, 6.45) is 3.90. The molecule has 1 aliphatic rings. The van der Waals surface area contributed by atoms with Gasteiger partial charge in [-0.25, -0.2) is 4.98 Å². The lowest BCUT2D eigenvalue weighted by Gasteiger charge is -2.16. The number of aromatic nitrogens is 2. The number of rotatable bonds is 8. The molecule has 1 atom stereocenters. The standard InChI is InChI=1S/C23H23N5O5S/c29-21(25-26-22(30)17-8-10-18(11-9-17)28(31)32)15-34-23-24-13-20(16-5-2-1-3-6-16)27(23)14-19-7-4-12-33-19/h1-3,5-6,8-11,13,19H,4,7,12,14-15H2,(H,25,29)(H,26,30). The van der Waals surface area contributed by atoms with Crippen LogP contribution in [0.3, 0.4) is 0 Å². The Labute approximate surface area is 199 Å². The average Bonchev–Trinajstić information content (AvgIpc) is 3.52. The van der Waals surface area contributed by atoms with Crippen molar-refractivity contribution in [3.8, 4) is 11.3 Å². The average molecular weight is 482 g/mol. The molecule has 2 aromatic carbocycles. The van der Waals surface area contributed by atoms with Gasteiger partial charge in [-0.2, -0.15) is 0 Å². The van der Waals surface area contributed by atoms with E-state index in [0.29, 0.717) is 11.7 Å². The Hall–Kier alpha value is -3.70. The number of benzene rings is 2. The van der Waals surface area contributed by atoms with Crippen LogP contribution < -0.4 is 10.9 Å². The van der Waals surface area contributed by atoms with Crippen LogP contribution in [0.2, 0.25) is 0 Å². The summed E-state index contributed by atoms with van der Waals surface area (Å²) in [5.74, 6) is -0.940. The van der Waals surface area contributed by atoms with Crippen molar-refractivity contribution in [2.45, 2.75) is 30.6 Å². The molecule has 3 aromatic rings. The third-order valence-corrected chi connectivity index (χ3v) is 6.28. The van der Waals surface area contributed by atoms with E-state index in [2.05, 4.69) is 20.4 Å². The van der Waals surface area contributed by atoms with E-state index in [0.717, 1.165) is 30.7 Å². The van der Waals surface area contributed by atoms with Crippen molar-refractivity contribution < 1.29 is 19.2 Å². The zero-order valence-electron chi connectivity index (χ0n) is 18.2. The topological polar surface area (TPSA) is 128 Å². The van der Waals surface area contributed by atoms with Crippen LogP contribution in [-0.2, 0) is 16.1 Å². The lowest BCUT2D eigenvalue weighted by atomic mass is 10.1. The molecule has 1 saturated heterocycles. The number of carbonyl (C=O) groups is 2. The van der Waals surface area contributed by atoms with Gasteiger partial charge in [0.1, 0.15) is 0 Å². The molecule has 1 fully saturated rings. The van der Waals surface area contributed by atoms with E-state index < -0.39 is 16.7 Å². The number of imidazole rings is 1. The minimum absolute atomic E-state index is 0.0390. The van der Waals surface area contributed by atoms with E-state index in [1.807, 2.05) is 30.3 Å². The third kappa shape index (κ3) is 5.80. The summed E-state index contributed by atoms with van der Waals surface area (Å²) in [4.78, 5) is 39.2. The highest BCUT2D eigenvalue weighted by molar-refractivity contribution is 7.99. The maximum Gasteiger partial charge on any atom is 0.269 e. The van der Waals surface area contributed by atoms with Crippen molar-refractivity contribution in [1.29, 1.82) is 0 Å². The first kappa shape index (κ1) is 23.5. The number of hydrogen-bond donors (Lipinski definition) is 2. The van der Waals surface area contributed by atoms with Crippen LogP contribution in [-0.4, -0.2) is 44.8 Å². The first-order valence-corrected chi connectivity index (χ1v) is 11.7. The fourth-order valence-electron chi connectivity index (χ4n) is 3.58. The minimum atomic E-state index is -0.570. The monoisotopic (exact) mass is 481 g/mol. The Balaban J connectivity index is 1.36. The number of nitrogens with zero attached hydrogens (tertiary/aromatic N) is 3. The van der Waals surface area contributed by atoms with Gasteiger partial charge in [0.25, 0.3) is 11.6 Å². The number of nitro groups is 1. The molecule has 34 heavy (non-hydrogen) atoms. The summed E-state index contributed by atoms with van der Waals surface area (Å²) in [6, 6.07) is 15.0. The Kier molecular flexibility index (Phi) is 7.55. The lowest BCUT2D eigenvalue weighted by Crippen LogP contribution is -2.42. The molecular weight excluding hydrogens is 458 g/mol. The molecule has 0 bridgehead atoms. The number of hydrogen-bond acceptors (Lipinski definition) is 7. The lowest BCUT2D eigenvalue weighted by molar-refractivity contribution is -0.384. The number of thioether (sulfide) groups is 1. The summed E-state index contributed by atoms with van der Waals surface area (Å²) in [6.45, 7) is 1.39. The molecule has 11 heteroatoms. The predicted octanol–water partition coefficient (Wildman–Crippen LogP) is 3.19. The van der Waals surface area contributed by atoms with Gasteiger partial charge < -0.3 is 9.30 Å². The van der Waals surface area contributed by atoms with Gasteiger partial charge in [0.15, 0.2) is 5.16 Å². The summed E-state index contributed by atoms with van der Waals surface area (Å²) in [7, 11) is 0. The first-order chi connectivity index (χ1) is 16.5. The van der Waals surface area contributed by atoms with Crippen molar-refractivity contribution in [3.05, 3.63) is 76.5 Å². The second-order valence-corrected chi connectivity index (χ2v) is 8.58. The smallest absolute Gasteiger partial charge is 0.269 e. The van der Waals surface area contributed by atoms with Crippen LogP contribution in [0.25, 0.3) is 11.3 Å². The number of ether oxygens (including phenoxy) is 1. The van der Waals surface area contributed by atoms with Crippen molar-refractivity contribution >= 4 is 29.3 Å². The van der Waals surface area contributed by atoms with Crippen molar-refractivity contribution in [1.82, 2.24) is 20.4 Å². The maximum absolute atomic E-state index is 12.3. The van der Waals surface area contributed by atoms with Crippen molar-refractivity contribution in [2.75, 3.05) is 12.4 Å². The SMILES string of the molecule is O=C(CSc1ncc(-c2ccccc2)n1CC1CCCO1)NNC(=O)c1ccc([N+](=O)[O-])cc1. The summed E-state index contributed by atoms with van der Waals surface area (Å²) >= 11 is 1.26. The quantitative estimate of drug-likeness (QED) is 0.287. The molecule has 10 nitrogen and oxygen atoms in total. The van der Waals surface area contributed by atoms with Crippen LogP contribution in [0, 0.1) is 10.1 Å². The number of hydrazine groups is 1. The van der Waals surface area contributed by atoms with Crippen LogP contribution >= 0.6 is 11.8 Å². The van der Waals surface area contributed by atoms with Gasteiger partial charge in [0.2, 0.25) is 5.91 Å². The van der Waals surface area contributed by atoms with E-state index in [1.165, 1.54) is 36.0 Å². The zero-order valence-corrected chi connectivity index (χ0v) is 19.0. The number of nitrogens with one attached hydrogen (secondary N) is 2. The highest BCUT2D eigenvalue weighted by Crippen LogP contribution is 2.28. The highest BCUT2D eigenvalue weighted by atomic mass is 32.2. The number of amides is 2. The van der Waals surface area contributed by atoms with Crippen molar-refractivity contribution in [2.24, 2.45) is 0 Å². The van der Waals surface area contributed by atoms with Crippen LogP contribution in [0.5, 0.6) is 0 Å². The van der Waals surface area contributed by atoms with Gasteiger partial charge in [-0.1, -0.05) is 42.1 Å². The molecule has 2 heterocycles. The van der Waals surface area contributed by atoms with Crippen molar-refractivity contribution in [3.63, 3.8) is 0 Å². The molecule has 4 rings (SSSR count). The molecule has 0 aliphatic carbocycles. The molecule has 2 N–H and O–H groups in total. The van der Waals surface area contributed by atoms with E-state index in [4.69, 9.17) is 4.74 Å².